The summed E-state index contributed by atoms with van der Waals surface area (Å²) in [6, 6.07) is 9.81. The zero-order valence-electron chi connectivity index (χ0n) is 11.8. The van der Waals surface area contributed by atoms with Crippen LogP contribution in [0.3, 0.4) is 0 Å². The number of hydrogen-bond acceptors (Lipinski definition) is 3. The first-order chi connectivity index (χ1) is 9.69. The van der Waals surface area contributed by atoms with E-state index in [1.807, 2.05) is 37.3 Å². The lowest BCUT2D eigenvalue weighted by molar-refractivity contribution is 0.479. The van der Waals surface area contributed by atoms with Gasteiger partial charge in [-0.3, -0.25) is 4.98 Å². The predicted molar refractivity (Wildman–Crippen MR) is 85.2 cm³/mol. The molecule has 0 saturated heterocycles. The first-order valence-electron chi connectivity index (χ1n) is 6.78. The Kier molecular flexibility index (Phi) is 5.56. The van der Waals surface area contributed by atoms with Crippen LogP contribution in [0.15, 0.2) is 41.0 Å². The lowest BCUT2D eigenvalue weighted by atomic mass is 10.2. The average molecular weight is 335 g/mol. The highest BCUT2D eigenvalue weighted by molar-refractivity contribution is 9.10. The molecule has 0 radical (unpaired) electrons. The molecular formula is C16H19BrN2O. The van der Waals surface area contributed by atoms with E-state index in [4.69, 9.17) is 4.74 Å². The molecule has 20 heavy (non-hydrogen) atoms. The zero-order valence-corrected chi connectivity index (χ0v) is 13.4. The first-order valence-corrected chi connectivity index (χ1v) is 7.58. The number of pyridine rings is 1. The van der Waals surface area contributed by atoms with Gasteiger partial charge in [0, 0.05) is 23.3 Å². The van der Waals surface area contributed by atoms with Crippen LogP contribution in [0.5, 0.6) is 11.5 Å². The summed E-state index contributed by atoms with van der Waals surface area (Å²) in [7, 11) is 0. The third-order valence-electron chi connectivity index (χ3n) is 2.89. The van der Waals surface area contributed by atoms with Crippen LogP contribution in [-0.4, -0.2) is 11.5 Å². The lowest BCUT2D eigenvalue weighted by Crippen LogP contribution is -2.14. The van der Waals surface area contributed by atoms with Gasteiger partial charge in [-0.25, -0.2) is 0 Å². The molecule has 3 nitrogen and oxygen atoms in total. The Hall–Kier alpha value is -1.39. The summed E-state index contributed by atoms with van der Waals surface area (Å²) in [6.07, 6.45) is 2.90. The molecule has 0 saturated carbocycles. The fourth-order valence-corrected chi connectivity index (χ4v) is 2.07. The van der Waals surface area contributed by atoms with Gasteiger partial charge in [0.15, 0.2) is 0 Å². The van der Waals surface area contributed by atoms with E-state index in [0.29, 0.717) is 0 Å². The summed E-state index contributed by atoms with van der Waals surface area (Å²) in [6.45, 7) is 5.96. The van der Waals surface area contributed by atoms with E-state index in [9.17, 15) is 0 Å². The fourth-order valence-electron chi connectivity index (χ4n) is 1.83. The molecule has 1 aromatic carbocycles. The molecule has 0 spiro atoms. The molecule has 2 rings (SSSR count). The lowest BCUT2D eigenvalue weighted by Gasteiger charge is -2.09. The van der Waals surface area contributed by atoms with Gasteiger partial charge in [-0.2, -0.15) is 0 Å². The van der Waals surface area contributed by atoms with Gasteiger partial charge in [0.2, 0.25) is 0 Å². The minimum Gasteiger partial charge on any atom is -0.457 e. The zero-order chi connectivity index (χ0) is 14.4. The molecule has 0 fully saturated rings. The third kappa shape index (κ3) is 4.32. The number of halogens is 1. The highest BCUT2D eigenvalue weighted by Gasteiger charge is 2.02. The number of nitrogens with zero attached hydrogens (tertiary/aromatic N) is 1. The second-order valence-corrected chi connectivity index (χ2v) is 5.53. The van der Waals surface area contributed by atoms with Gasteiger partial charge in [-0.15, -0.1) is 0 Å². The van der Waals surface area contributed by atoms with Crippen molar-refractivity contribution in [3.63, 3.8) is 0 Å². The van der Waals surface area contributed by atoms with Crippen molar-refractivity contribution in [1.29, 1.82) is 0 Å². The van der Waals surface area contributed by atoms with Crippen LogP contribution < -0.4 is 10.1 Å². The van der Waals surface area contributed by atoms with E-state index in [2.05, 4.69) is 33.2 Å². The number of benzene rings is 1. The van der Waals surface area contributed by atoms with Crippen molar-refractivity contribution in [2.24, 2.45) is 0 Å². The third-order valence-corrected chi connectivity index (χ3v) is 3.78. The molecule has 0 aliphatic carbocycles. The number of aromatic nitrogens is 1. The van der Waals surface area contributed by atoms with Gasteiger partial charge in [0.1, 0.15) is 11.5 Å². The molecule has 4 heteroatoms. The fraction of sp³-hybridized carbons (Fsp3) is 0.312. The Labute approximate surface area is 128 Å². The quantitative estimate of drug-likeness (QED) is 0.792. The van der Waals surface area contributed by atoms with Crippen LogP contribution in [0.4, 0.5) is 0 Å². The largest absolute Gasteiger partial charge is 0.457 e. The summed E-state index contributed by atoms with van der Waals surface area (Å²) < 4.78 is 6.96. The molecule has 1 N–H and O–H groups in total. The Bertz CT molecular complexity index is 572. The van der Waals surface area contributed by atoms with E-state index in [0.717, 1.165) is 46.7 Å². The molecule has 0 amide bonds. The Balaban J connectivity index is 2.05. The van der Waals surface area contributed by atoms with Gasteiger partial charge < -0.3 is 10.1 Å². The van der Waals surface area contributed by atoms with Gasteiger partial charge >= 0.3 is 0 Å². The molecule has 1 aromatic heterocycles. The predicted octanol–water partition coefficient (Wildman–Crippen LogP) is 4.44. The smallest absolute Gasteiger partial charge is 0.130 e. The Morgan fingerprint density at radius 3 is 2.75 bits per heavy atom. The van der Waals surface area contributed by atoms with Crippen LogP contribution in [-0.2, 0) is 6.54 Å². The van der Waals surface area contributed by atoms with Crippen molar-refractivity contribution < 1.29 is 4.74 Å². The summed E-state index contributed by atoms with van der Waals surface area (Å²) in [4.78, 5) is 4.33. The highest BCUT2D eigenvalue weighted by atomic mass is 79.9. The molecular weight excluding hydrogens is 316 g/mol. The van der Waals surface area contributed by atoms with Gasteiger partial charge in [-0.1, -0.05) is 22.9 Å². The van der Waals surface area contributed by atoms with Crippen LogP contribution in [0.2, 0.25) is 0 Å². The van der Waals surface area contributed by atoms with Crippen LogP contribution >= 0.6 is 15.9 Å². The summed E-state index contributed by atoms with van der Waals surface area (Å²) in [5, 5.41) is 3.33. The molecule has 1 heterocycles. The standard InChI is InChI=1S/C16H19BrN2O/c1-3-7-18-11-13-10-15(6-8-19-13)20-14-4-5-16(17)12(2)9-14/h4-6,8-10,18H,3,7,11H2,1-2H3. The van der Waals surface area contributed by atoms with E-state index in [-0.39, 0.29) is 0 Å². The van der Waals surface area contributed by atoms with Crippen molar-refractivity contribution in [3.05, 3.63) is 52.3 Å². The second-order valence-electron chi connectivity index (χ2n) is 4.67. The van der Waals surface area contributed by atoms with E-state index >= 15 is 0 Å². The minimum atomic E-state index is 0.768. The van der Waals surface area contributed by atoms with Crippen molar-refractivity contribution >= 4 is 15.9 Å². The van der Waals surface area contributed by atoms with Crippen molar-refractivity contribution in [3.8, 4) is 11.5 Å². The van der Waals surface area contributed by atoms with Crippen molar-refractivity contribution in [2.75, 3.05) is 6.54 Å². The highest BCUT2D eigenvalue weighted by Crippen LogP contribution is 2.26. The maximum atomic E-state index is 5.87. The molecule has 0 unspecified atom stereocenters. The van der Waals surface area contributed by atoms with Crippen molar-refractivity contribution in [1.82, 2.24) is 10.3 Å². The SMILES string of the molecule is CCCNCc1cc(Oc2ccc(Br)c(C)c2)ccn1. The number of rotatable bonds is 6. The summed E-state index contributed by atoms with van der Waals surface area (Å²) in [5.74, 6) is 1.65. The van der Waals surface area contributed by atoms with Gasteiger partial charge in [-0.05, 0) is 49.7 Å². The van der Waals surface area contributed by atoms with Crippen LogP contribution in [0.1, 0.15) is 24.6 Å². The van der Waals surface area contributed by atoms with Crippen LogP contribution in [0, 0.1) is 6.92 Å². The summed E-state index contributed by atoms with van der Waals surface area (Å²) >= 11 is 3.49. The van der Waals surface area contributed by atoms with Crippen molar-refractivity contribution in [2.45, 2.75) is 26.8 Å². The first kappa shape index (κ1) is 15.0. The number of hydrogen-bond donors (Lipinski definition) is 1. The molecule has 2 aromatic rings. The molecule has 0 aliphatic heterocycles. The second kappa shape index (κ2) is 7.41. The van der Waals surface area contributed by atoms with Gasteiger partial charge in [0.25, 0.3) is 0 Å². The summed E-state index contributed by atoms with van der Waals surface area (Å²) in [5.41, 5.74) is 2.14. The van der Waals surface area contributed by atoms with Gasteiger partial charge in [0.05, 0.1) is 5.69 Å². The van der Waals surface area contributed by atoms with E-state index < -0.39 is 0 Å². The normalized spacial score (nSPS) is 10.6. The van der Waals surface area contributed by atoms with Crippen LogP contribution in [0.25, 0.3) is 0 Å². The molecule has 106 valence electrons. The average Bonchev–Trinajstić information content (AvgIpc) is 2.44. The Morgan fingerprint density at radius 2 is 2.00 bits per heavy atom. The topological polar surface area (TPSA) is 34.1 Å². The minimum absolute atomic E-state index is 0.768. The number of aryl methyl sites for hydroxylation is 1. The number of nitrogens with one attached hydrogen (secondary N) is 1. The molecule has 0 aliphatic rings. The van der Waals surface area contributed by atoms with E-state index in [1.54, 1.807) is 6.20 Å². The number of ether oxygens (including phenoxy) is 1. The molecule has 0 atom stereocenters. The Morgan fingerprint density at radius 1 is 1.20 bits per heavy atom. The maximum Gasteiger partial charge on any atom is 0.130 e. The monoisotopic (exact) mass is 334 g/mol. The maximum absolute atomic E-state index is 5.87. The molecule has 0 bridgehead atoms. The van der Waals surface area contributed by atoms with E-state index in [1.165, 1.54) is 0 Å².